The number of carbonyl (C=O) groups is 1. The van der Waals surface area contributed by atoms with Crippen LogP contribution >= 0.6 is 0 Å². The summed E-state index contributed by atoms with van der Waals surface area (Å²) in [5, 5.41) is 23.0. The first-order chi connectivity index (χ1) is 13.9. The van der Waals surface area contributed by atoms with Gasteiger partial charge in [0.2, 0.25) is 0 Å². The summed E-state index contributed by atoms with van der Waals surface area (Å²) in [5.74, 6) is -0.144. The second-order valence-electron chi connectivity index (χ2n) is 7.21. The maximum Gasteiger partial charge on any atom is 0.255 e. The fourth-order valence-electron chi connectivity index (χ4n) is 3.54. The number of aryl methyl sites for hydroxylation is 1. The van der Waals surface area contributed by atoms with E-state index in [4.69, 9.17) is 0 Å². The van der Waals surface area contributed by atoms with Gasteiger partial charge < -0.3 is 15.5 Å². The van der Waals surface area contributed by atoms with E-state index in [0.717, 1.165) is 22.4 Å². The molecule has 1 atom stereocenters. The molecule has 0 aliphatic heterocycles. The molecule has 1 amide bonds. The first-order valence-electron chi connectivity index (χ1n) is 9.68. The highest BCUT2D eigenvalue weighted by atomic mass is 16.3. The summed E-state index contributed by atoms with van der Waals surface area (Å²) < 4.78 is 0. The third-order valence-electron chi connectivity index (χ3n) is 5.33. The van der Waals surface area contributed by atoms with E-state index in [2.05, 4.69) is 10.3 Å². The highest BCUT2D eigenvalue weighted by Gasteiger charge is 2.21. The largest absolute Gasteiger partial charge is 0.507 e. The average Bonchev–Trinajstić information content (AvgIpc) is 2.73. The van der Waals surface area contributed by atoms with Gasteiger partial charge in [-0.3, -0.25) is 9.78 Å². The Bertz CT molecular complexity index is 1020. The minimum Gasteiger partial charge on any atom is -0.507 e. The van der Waals surface area contributed by atoms with Crippen LogP contribution in [-0.4, -0.2) is 27.6 Å². The monoisotopic (exact) mass is 390 g/mol. The van der Waals surface area contributed by atoms with Crippen LogP contribution in [0.2, 0.25) is 0 Å². The van der Waals surface area contributed by atoms with Crippen molar-refractivity contribution >= 4 is 5.91 Å². The van der Waals surface area contributed by atoms with Crippen molar-refractivity contribution in [3.63, 3.8) is 0 Å². The lowest BCUT2D eigenvalue weighted by molar-refractivity contribution is 0.0950. The van der Waals surface area contributed by atoms with Gasteiger partial charge in [-0.15, -0.1) is 0 Å². The molecule has 5 nitrogen and oxygen atoms in total. The number of hydrogen-bond acceptors (Lipinski definition) is 4. The molecule has 150 valence electrons. The number of amides is 1. The first-order valence-corrected chi connectivity index (χ1v) is 9.68. The van der Waals surface area contributed by atoms with Crippen LogP contribution in [0.15, 0.2) is 54.6 Å². The van der Waals surface area contributed by atoms with Crippen LogP contribution in [0.5, 0.6) is 11.5 Å². The highest BCUT2D eigenvalue weighted by Crippen LogP contribution is 2.34. The summed E-state index contributed by atoms with van der Waals surface area (Å²) >= 11 is 0. The molecule has 0 aliphatic carbocycles. The number of carbonyl (C=O) groups excluding carboxylic acids is 1. The number of aromatic nitrogens is 1. The van der Waals surface area contributed by atoms with Crippen LogP contribution in [0, 0.1) is 20.8 Å². The number of hydrogen-bond donors (Lipinski definition) is 3. The second kappa shape index (κ2) is 8.78. The van der Waals surface area contributed by atoms with Gasteiger partial charge in [-0.25, -0.2) is 0 Å². The van der Waals surface area contributed by atoms with E-state index in [1.165, 1.54) is 6.07 Å². The number of phenolic OH excluding ortho intramolecular Hbond substituents is 1. The Kier molecular flexibility index (Phi) is 6.17. The fourth-order valence-corrected chi connectivity index (χ4v) is 3.54. The van der Waals surface area contributed by atoms with E-state index in [1.54, 1.807) is 25.1 Å². The molecule has 0 radical (unpaired) electrons. The molecule has 1 unspecified atom stereocenters. The zero-order valence-corrected chi connectivity index (χ0v) is 16.9. The third-order valence-corrected chi connectivity index (χ3v) is 5.33. The lowest BCUT2D eigenvalue weighted by atomic mass is 9.88. The first kappa shape index (κ1) is 20.4. The molecule has 29 heavy (non-hydrogen) atoms. The van der Waals surface area contributed by atoms with E-state index in [1.807, 2.05) is 44.2 Å². The number of aromatic hydroxyl groups is 2. The molecule has 0 saturated carbocycles. The van der Waals surface area contributed by atoms with E-state index in [-0.39, 0.29) is 28.9 Å². The van der Waals surface area contributed by atoms with Crippen LogP contribution in [-0.2, 0) is 0 Å². The third kappa shape index (κ3) is 4.40. The minimum absolute atomic E-state index is 0.0288. The highest BCUT2D eigenvalue weighted by molar-refractivity contribution is 5.96. The summed E-state index contributed by atoms with van der Waals surface area (Å²) in [6, 6.07) is 16.5. The number of rotatable bonds is 6. The Labute approximate surface area is 171 Å². The van der Waals surface area contributed by atoms with Crippen LogP contribution in [0.3, 0.4) is 0 Å². The fraction of sp³-hybridized carbons (Fsp3) is 0.250. The van der Waals surface area contributed by atoms with Gasteiger partial charge in [-0.2, -0.15) is 0 Å². The summed E-state index contributed by atoms with van der Waals surface area (Å²) in [4.78, 5) is 17.1. The zero-order chi connectivity index (χ0) is 21.0. The van der Waals surface area contributed by atoms with Crippen LogP contribution in [0.1, 0.15) is 50.8 Å². The van der Waals surface area contributed by atoms with Crippen molar-refractivity contribution in [1.82, 2.24) is 10.3 Å². The topological polar surface area (TPSA) is 82.5 Å². The zero-order valence-electron chi connectivity index (χ0n) is 16.9. The van der Waals surface area contributed by atoms with Gasteiger partial charge in [0, 0.05) is 12.5 Å². The van der Waals surface area contributed by atoms with Gasteiger partial charge in [0.25, 0.3) is 5.91 Å². The van der Waals surface area contributed by atoms with Gasteiger partial charge in [-0.1, -0.05) is 42.5 Å². The molecule has 2 aromatic carbocycles. The molecule has 0 spiro atoms. The Morgan fingerprint density at radius 3 is 2.31 bits per heavy atom. The van der Waals surface area contributed by atoms with Crippen molar-refractivity contribution in [3.05, 3.63) is 88.2 Å². The lowest BCUT2D eigenvalue weighted by Gasteiger charge is -2.22. The maximum absolute atomic E-state index is 12.4. The number of phenols is 1. The quantitative estimate of drug-likeness (QED) is 0.584. The molecule has 0 bridgehead atoms. The van der Waals surface area contributed by atoms with Crippen molar-refractivity contribution in [2.45, 2.75) is 33.1 Å². The summed E-state index contributed by atoms with van der Waals surface area (Å²) in [6.07, 6.45) is 0.640. The molecule has 0 saturated heterocycles. The van der Waals surface area contributed by atoms with Gasteiger partial charge >= 0.3 is 0 Å². The van der Waals surface area contributed by atoms with Gasteiger partial charge in [0.05, 0.1) is 17.0 Å². The molecule has 0 fully saturated rings. The van der Waals surface area contributed by atoms with Crippen LogP contribution in [0.4, 0.5) is 0 Å². The second-order valence-corrected chi connectivity index (χ2v) is 7.21. The van der Waals surface area contributed by atoms with Gasteiger partial charge in [0.1, 0.15) is 11.5 Å². The summed E-state index contributed by atoms with van der Waals surface area (Å²) in [6.45, 7) is 6.08. The smallest absolute Gasteiger partial charge is 0.255 e. The summed E-state index contributed by atoms with van der Waals surface area (Å²) in [5.41, 5.74) is 4.64. The average molecular weight is 390 g/mol. The number of nitrogens with zero attached hydrogens (tertiary/aromatic N) is 1. The van der Waals surface area contributed by atoms with Gasteiger partial charge in [0.15, 0.2) is 0 Å². The molecule has 3 N–H and O–H groups in total. The van der Waals surface area contributed by atoms with E-state index >= 15 is 0 Å². The SMILES string of the molecule is Cc1nc(C(CCNC(=O)c2ccccc2O)c2ccccc2)c(C)c(C)c1O. The predicted octanol–water partition coefficient (Wildman–Crippen LogP) is 4.37. The maximum atomic E-state index is 12.4. The van der Waals surface area contributed by atoms with E-state index in [0.29, 0.717) is 18.7 Å². The Morgan fingerprint density at radius 1 is 0.966 bits per heavy atom. The molecule has 5 heteroatoms. The number of pyridine rings is 1. The lowest BCUT2D eigenvalue weighted by Crippen LogP contribution is -2.26. The number of benzene rings is 2. The normalized spacial score (nSPS) is 11.8. The molecule has 3 aromatic rings. The Hall–Kier alpha value is -3.34. The van der Waals surface area contributed by atoms with Crippen molar-refractivity contribution < 1.29 is 15.0 Å². The number of para-hydroxylation sites is 1. The molecule has 1 aromatic heterocycles. The Morgan fingerprint density at radius 2 is 1.62 bits per heavy atom. The van der Waals surface area contributed by atoms with Crippen LogP contribution < -0.4 is 5.32 Å². The summed E-state index contributed by atoms with van der Waals surface area (Å²) in [7, 11) is 0. The van der Waals surface area contributed by atoms with Crippen LogP contribution in [0.25, 0.3) is 0 Å². The van der Waals surface area contributed by atoms with E-state index < -0.39 is 0 Å². The molecular weight excluding hydrogens is 364 g/mol. The van der Waals surface area contributed by atoms with E-state index in [9.17, 15) is 15.0 Å². The Balaban J connectivity index is 1.85. The molecule has 0 aliphatic rings. The predicted molar refractivity (Wildman–Crippen MR) is 113 cm³/mol. The number of nitrogens with one attached hydrogen (secondary N) is 1. The van der Waals surface area contributed by atoms with Crippen molar-refractivity contribution in [2.75, 3.05) is 6.54 Å². The molecular formula is C24H26N2O3. The van der Waals surface area contributed by atoms with Crippen molar-refractivity contribution in [1.29, 1.82) is 0 Å². The van der Waals surface area contributed by atoms with Gasteiger partial charge in [-0.05, 0) is 56.0 Å². The van der Waals surface area contributed by atoms with Crippen molar-refractivity contribution in [2.24, 2.45) is 0 Å². The van der Waals surface area contributed by atoms with Crippen molar-refractivity contribution in [3.8, 4) is 11.5 Å². The molecule has 3 rings (SSSR count). The standard InChI is InChI=1S/C24H26N2O3/c1-15-16(2)23(28)17(3)26-22(15)19(18-9-5-4-6-10-18)13-14-25-24(29)20-11-7-8-12-21(20)27/h4-12,19,27-28H,13-14H2,1-3H3,(H,25,29). The minimum atomic E-state index is -0.308. The molecule has 1 heterocycles.